The molecule has 0 saturated heterocycles. The van der Waals surface area contributed by atoms with Gasteiger partial charge in [0.2, 0.25) is 5.91 Å². The standard InChI is InChI=1S/C22H25ClFN5O2/c1-29(2)7-8-31-21-10-17(15-12-26-27-13-15)18(24)11-20(21)28-22(30)19(25)9-14-3-5-16(23)6-4-14/h3-6,10-13,19H,7-9,25H2,1-2H3,(H,26,27)(H,28,30)/t19-/m1/s1. The van der Waals surface area contributed by atoms with E-state index in [2.05, 4.69) is 15.5 Å². The molecule has 0 bridgehead atoms. The molecule has 7 nitrogen and oxygen atoms in total. The van der Waals surface area contributed by atoms with E-state index in [0.29, 0.717) is 41.5 Å². The number of hydrogen-bond acceptors (Lipinski definition) is 5. The van der Waals surface area contributed by atoms with Crippen molar-refractivity contribution in [3.05, 3.63) is 65.2 Å². The van der Waals surface area contributed by atoms with Gasteiger partial charge in [0.1, 0.15) is 18.2 Å². The fourth-order valence-electron chi connectivity index (χ4n) is 2.92. The summed E-state index contributed by atoms with van der Waals surface area (Å²) < 4.78 is 20.6. The van der Waals surface area contributed by atoms with Crippen LogP contribution in [-0.2, 0) is 11.2 Å². The van der Waals surface area contributed by atoms with Crippen molar-refractivity contribution >= 4 is 23.2 Å². The molecule has 9 heteroatoms. The van der Waals surface area contributed by atoms with Crippen molar-refractivity contribution in [3.63, 3.8) is 0 Å². The summed E-state index contributed by atoms with van der Waals surface area (Å²) >= 11 is 5.89. The Labute approximate surface area is 185 Å². The van der Waals surface area contributed by atoms with Crippen molar-refractivity contribution in [1.29, 1.82) is 0 Å². The molecule has 0 aliphatic heterocycles. The molecule has 4 N–H and O–H groups in total. The van der Waals surface area contributed by atoms with Gasteiger partial charge in [0.05, 0.1) is 17.9 Å². The van der Waals surface area contributed by atoms with Gasteiger partial charge in [-0.1, -0.05) is 23.7 Å². The molecule has 0 aliphatic carbocycles. The first kappa shape index (κ1) is 22.7. The van der Waals surface area contributed by atoms with E-state index >= 15 is 0 Å². The summed E-state index contributed by atoms with van der Waals surface area (Å²) in [7, 11) is 3.84. The molecule has 0 spiro atoms. The van der Waals surface area contributed by atoms with E-state index in [4.69, 9.17) is 22.1 Å². The SMILES string of the molecule is CN(C)CCOc1cc(-c2cn[nH]c2)c(F)cc1NC(=O)[C@H](N)Cc1ccc(Cl)cc1. The highest BCUT2D eigenvalue weighted by atomic mass is 35.5. The number of aromatic amines is 1. The van der Waals surface area contributed by atoms with Gasteiger partial charge in [-0.15, -0.1) is 0 Å². The Morgan fingerprint density at radius 3 is 2.71 bits per heavy atom. The van der Waals surface area contributed by atoms with Crippen molar-refractivity contribution in [2.45, 2.75) is 12.5 Å². The molecule has 0 unspecified atom stereocenters. The number of nitrogens with two attached hydrogens (primary N) is 1. The quantitative estimate of drug-likeness (QED) is 0.469. The largest absolute Gasteiger partial charge is 0.490 e. The predicted octanol–water partition coefficient (Wildman–Crippen LogP) is 3.32. The van der Waals surface area contributed by atoms with E-state index < -0.39 is 17.8 Å². The molecule has 0 saturated carbocycles. The number of likely N-dealkylation sites (N-methyl/N-ethyl adjacent to an activating group) is 1. The third-order valence-electron chi connectivity index (χ3n) is 4.64. The second-order valence-electron chi connectivity index (χ2n) is 7.39. The number of hydrogen-bond donors (Lipinski definition) is 3. The first-order valence-corrected chi connectivity index (χ1v) is 10.1. The fourth-order valence-corrected chi connectivity index (χ4v) is 3.05. The molecule has 1 amide bonds. The smallest absolute Gasteiger partial charge is 0.241 e. The number of halogens is 2. The van der Waals surface area contributed by atoms with Crippen LogP contribution in [0.25, 0.3) is 11.1 Å². The Kier molecular flexibility index (Phi) is 7.62. The normalized spacial score (nSPS) is 12.1. The number of anilines is 1. The summed E-state index contributed by atoms with van der Waals surface area (Å²) in [4.78, 5) is 14.6. The average molecular weight is 446 g/mol. The Morgan fingerprint density at radius 1 is 1.32 bits per heavy atom. The number of amides is 1. The molecule has 0 radical (unpaired) electrons. The van der Waals surface area contributed by atoms with E-state index in [0.717, 1.165) is 5.56 Å². The van der Waals surface area contributed by atoms with Crippen LogP contribution in [0.4, 0.5) is 10.1 Å². The maximum atomic E-state index is 14.8. The van der Waals surface area contributed by atoms with Crippen LogP contribution in [-0.4, -0.2) is 54.3 Å². The van der Waals surface area contributed by atoms with E-state index in [1.807, 2.05) is 31.1 Å². The summed E-state index contributed by atoms with van der Waals surface area (Å²) in [6.45, 7) is 1.02. The minimum absolute atomic E-state index is 0.222. The highest BCUT2D eigenvalue weighted by Crippen LogP contribution is 2.33. The molecule has 0 aliphatic rings. The second-order valence-corrected chi connectivity index (χ2v) is 7.83. The van der Waals surface area contributed by atoms with Crippen LogP contribution in [0.2, 0.25) is 5.02 Å². The van der Waals surface area contributed by atoms with Crippen molar-refractivity contribution in [1.82, 2.24) is 15.1 Å². The number of aromatic nitrogens is 2. The first-order chi connectivity index (χ1) is 14.8. The van der Waals surface area contributed by atoms with Gasteiger partial charge < -0.3 is 20.7 Å². The van der Waals surface area contributed by atoms with Gasteiger partial charge in [-0.05, 0) is 44.3 Å². The fraction of sp³-hybridized carbons (Fsp3) is 0.273. The van der Waals surface area contributed by atoms with Gasteiger partial charge in [0.15, 0.2) is 0 Å². The van der Waals surface area contributed by atoms with Gasteiger partial charge in [-0.2, -0.15) is 5.10 Å². The molecule has 3 rings (SSSR count). The number of rotatable bonds is 9. The van der Waals surface area contributed by atoms with Crippen LogP contribution in [0, 0.1) is 5.82 Å². The highest BCUT2D eigenvalue weighted by molar-refractivity contribution is 6.30. The van der Waals surface area contributed by atoms with Crippen molar-refractivity contribution in [2.24, 2.45) is 5.73 Å². The lowest BCUT2D eigenvalue weighted by Gasteiger charge is -2.18. The molecule has 3 aromatic rings. The highest BCUT2D eigenvalue weighted by Gasteiger charge is 2.19. The summed E-state index contributed by atoms with van der Waals surface area (Å²) in [5.41, 5.74) is 8.06. The molecule has 31 heavy (non-hydrogen) atoms. The number of nitrogens with zero attached hydrogens (tertiary/aromatic N) is 2. The van der Waals surface area contributed by atoms with Gasteiger partial charge in [-0.25, -0.2) is 4.39 Å². The van der Waals surface area contributed by atoms with Crippen LogP contribution in [0.5, 0.6) is 5.75 Å². The van der Waals surface area contributed by atoms with Gasteiger partial charge in [0.25, 0.3) is 0 Å². The van der Waals surface area contributed by atoms with Crippen molar-refractivity contribution in [3.8, 4) is 16.9 Å². The van der Waals surface area contributed by atoms with Crippen LogP contribution >= 0.6 is 11.6 Å². The van der Waals surface area contributed by atoms with Crippen LogP contribution in [0.1, 0.15) is 5.56 Å². The van der Waals surface area contributed by atoms with E-state index in [9.17, 15) is 9.18 Å². The van der Waals surface area contributed by atoms with Gasteiger partial charge in [0, 0.05) is 35.0 Å². The lowest BCUT2D eigenvalue weighted by atomic mass is 10.1. The number of H-pyrrole nitrogens is 1. The first-order valence-electron chi connectivity index (χ1n) is 9.74. The molecule has 1 heterocycles. The monoisotopic (exact) mass is 445 g/mol. The van der Waals surface area contributed by atoms with E-state index in [-0.39, 0.29) is 5.69 Å². The van der Waals surface area contributed by atoms with E-state index in [1.165, 1.54) is 12.3 Å². The van der Waals surface area contributed by atoms with Crippen LogP contribution < -0.4 is 15.8 Å². The van der Waals surface area contributed by atoms with Crippen molar-refractivity contribution in [2.75, 3.05) is 32.6 Å². The Balaban J connectivity index is 1.79. The minimum Gasteiger partial charge on any atom is -0.490 e. The maximum absolute atomic E-state index is 14.8. The number of benzene rings is 2. The topological polar surface area (TPSA) is 96.3 Å². The van der Waals surface area contributed by atoms with Crippen LogP contribution in [0.15, 0.2) is 48.8 Å². The Bertz CT molecular complexity index is 1010. The molecular formula is C22H25ClFN5O2. The summed E-state index contributed by atoms with van der Waals surface area (Å²) in [6, 6.07) is 9.06. The zero-order valence-electron chi connectivity index (χ0n) is 17.4. The molecule has 164 valence electrons. The minimum atomic E-state index is -0.826. The molecule has 1 aromatic heterocycles. The molecule has 0 fully saturated rings. The zero-order valence-corrected chi connectivity index (χ0v) is 18.1. The number of nitrogens with one attached hydrogen (secondary N) is 2. The summed E-state index contributed by atoms with van der Waals surface area (Å²) in [5.74, 6) is -0.600. The zero-order chi connectivity index (χ0) is 22.4. The Morgan fingerprint density at radius 2 is 2.06 bits per heavy atom. The summed E-state index contributed by atoms with van der Waals surface area (Å²) in [5, 5.41) is 9.83. The third-order valence-corrected chi connectivity index (χ3v) is 4.89. The summed E-state index contributed by atoms with van der Waals surface area (Å²) in [6.07, 6.45) is 3.42. The lowest BCUT2D eigenvalue weighted by molar-refractivity contribution is -0.117. The number of ether oxygens (including phenoxy) is 1. The number of carbonyl (C=O) groups is 1. The third kappa shape index (κ3) is 6.27. The second kappa shape index (κ2) is 10.4. The van der Waals surface area contributed by atoms with Gasteiger partial charge >= 0.3 is 0 Å². The molecular weight excluding hydrogens is 421 g/mol. The Hall–Kier alpha value is -2.94. The average Bonchev–Trinajstić information content (AvgIpc) is 3.25. The van der Waals surface area contributed by atoms with Crippen molar-refractivity contribution < 1.29 is 13.9 Å². The lowest BCUT2D eigenvalue weighted by Crippen LogP contribution is -2.37. The van der Waals surface area contributed by atoms with E-state index in [1.54, 1.807) is 24.4 Å². The van der Waals surface area contributed by atoms with Crippen LogP contribution in [0.3, 0.4) is 0 Å². The predicted molar refractivity (Wildman–Crippen MR) is 120 cm³/mol. The molecule has 1 atom stereocenters. The maximum Gasteiger partial charge on any atom is 0.241 e. The number of carbonyl (C=O) groups excluding carboxylic acids is 1. The molecule has 2 aromatic carbocycles. The van der Waals surface area contributed by atoms with Gasteiger partial charge in [-0.3, -0.25) is 9.89 Å².